The van der Waals surface area contributed by atoms with Crippen LogP contribution in [0.5, 0.6) is 0 Å². The van der Waals surface area contributed by atoms with Crippen molar-refractivity contribution in [2.24, 2.45) is 17.8 Å². The number of hydrogen-bond acceptors (Lipinski definition) is 2. The van der Waals surface area contributed by atoms with Crippen LogP contribution >= 0.6 is 0 Å². The molecular weight excluding hydrogens is 224 g/mol. The van der Waals surface area contributed by atoms with Gasteiger partial charge in [0.1, 0.15) is 17.4 Å². The number of benzene rings is 1. The molecule has 18 heavy (non-hydrogen) atoms. The summed E-state index contributed by atoms with van der Waals surface area (Å²) in [6.07, 6.45) is 4.76. The molecule has 2 saturated carbocycles. The first kappa shape index (κ1) is 10.6. The van der Waals surface area contributed by atoms with Gasteiger partial charge in [0.25, 0.3) is 0 Å². The van der Waals surface area contributed by atoms with Crippen molar-refractivity contribution in [3.8, 4) is 0 Å². The van der Waals surface area contributed by atoms with Gasteiger partial charge in [-0.2, -0.15) is 0 Å². The lowest BCUT2D eigenvalue weighted by molar-refractivity contribution is 0.0573. The molecule has 2 nitrogen and oxygen atoms in total. The maximum absolute atomic E-state index is 10.5. The first-order chi connectivity index (χ1) is 8.81. The van der Waals surface area contributed by atoms with Gasteiger partial charge in [-0.1, -0.05) is 24.6 Å². The summed E-state index contributed by atoms with van der Waals surface area (Å²) in [4.78, 5) is 0. The average molecular weight is 242 g/mol. The van der Waals surface area contributed by atoms with Crippen LogP contribution in [0.4, 0.5) is 0 Å². The van der Waals surface area contributed by atoms with E-state index in [1.54, 1.807) is 0 Å². The molecule has 0 spiro atoms. The summed E-state index contributed by atoms with van der Waals surface area (Å²) in [6, 6.07) is 9.99. The van der Waals surface area contributed by atoms with Crippen LogP contribution in [-0.2, 0) is 0 Å². The minimum atomic E-state index is -0.410. The molecule has 0 saturated heterocycles. The SMILES string of the molecule is OC(c1cc2ccccc2o1)C1CC2CCC1C2. The maximum atomic E-state index is 10.5. The molecule has 2 heteroatoms. The summed E-state index contributed by atoms with van der Waals surface area (Å²) in [5.41, 5.74) is 0.884. The Kier molecular flexibility index (Phi) is 2.28. The van der Waals surface area contributed by atoms with Crippen molar-refractivity contribution in [2.75, 3.05) is 0 Å². The molecule has 2 fully saturated rings. The first-order valence-electron chi connectivity index (χ1n) is 6.98. The highest BCUT2D eigenvalue weighted by Crippen LogP contribution is 2.52. The van der Waals surface area contributed by atoms with Gasteiger partial charge in [0.05, 0.1) is 0 Å². The second-order valence-electron chi connectivity index (χ2n) is 5.97. The topological polar surface area (TPSA) is 33.4 Å². The average Bonchev–Trinajstić information content (AvgIpc) is 3.11. The van der Waals surface area contributed by atoms with Crippen molar-refractivity contribution in [1.29, 1.82) is 0 Å². The molecule has 4 rings (SSSR count). The van der Waals surface area contributed by atoms with E-state index < -0.39 is 6.10 Å². The molecule has 1 aromatic heterocycles. The summed E-state index contributed by atoms with van der Waals surface area (Å²) < 4.78 is 5.80. The van der Waals surface area contributed by atoms with Crippen molar-refractivity contribution in [3.05, 3.63) is 36.1 Å². The Morgan fingerprint density at radius 3 is 2.78 bits per heavy atom. The number of aliphatic hydroxyl groups is 1. The maximum Gasteiger partial charge on any atom is 0.134 e. The molecule has 2 aliphatic rings. The van der Waals surface area contributed by atoms with Gasteiger partial charge in [-0.25, -0.2) is 0 Å². The monoisotopic (exact) mass is 242 g/mol. The van der Waals surface area contributed by atoms with Gasteiger partial charge in [-0.05, 0) is 49.1 Å². The zero-order valence-corrected chi connectivity index (χ0v) is 10.4. The molecule has 1 heterocycles. The third-order valence-corrected chi connectivity index (χ3v) is 4.93. The number of hydrogen-bond donors (Lipinski definition) is 1. The second-order valence-corrected chi connectivity index (χ2v) is 5.97. The smallest absolute Gasteiger partial charge is 0.134 e. The Labute approximate surface area is 107 Å². The van der Waals surface area contributed by atoms with Crippen LogP contribution in [0.1, 0.15) is 37.5 Å². The van der Waals surface area contributed by atoms with Gasteiger partial charge in [-0.3, -0.25) is 0 Å². The van der Waals surface area contributed by atoms with Gasteiger partial charge in [0, 0.05) is 5.39 Å². The lowest BCUT2D eigenvalue weighted by atomic mass is 9.84. The van der Waals surface area contributed by atoms with Gasteiger partial charge in [0.2, 0.25) is 0 Å². The van der Waals surface area contributed by atoms with E-state index >= 15 is 0 Å². The Balaban J connectivity index is 1.66. The van der Waals surface area contributed by atoms with Crippen LogP contribution in [0.3, 0.4) is 0 Å². The van der Waals surface area contributed by atoms with Crippen molar-refractivity contribution in [1.82, 2.24) is 0 Å². The van der Waals surface area contributed by atoms with E-state index in [0.29, 0.717) is 5.92 Å². The largest absolute Gasteiger partial charge is 0.458 e. The molecule has 0 amide bonds. The van der Waals surface area contributed by atoms with E-state index in [1.165, 1.54) is 25.7 Å². The Bertz CT molecular complexity index is 538. The number of furan rings is 1. The predicted molar refractivity (Wildman–Crippen MR) is 70.1 cm³/mol. The third-order valence-electron chi connectivity index (χ3n) is 4.93. The number of para-hydroxylation sites is 1. The summed E-state index contributed by atoms with van der Waals surface area (Å²) in [5.74, 6) is 2.76. The molecule has 1 aromatic carbocycles. The Morgan fingerprint density at radius 2 is 2.06 bits per heavy atom. The fraction of sp³-hybridized carbons (Fsp3) is 0.500. The Morgan fingerprint density at radius 1 is 1.17 bits per heavy atom. The highest BCUT2D eigenvalue weighted by molar-refractivity contribution is 5.77. The fourth-order valence-electron chi connectivity index (χ4n) is 4.04. The highest BCUT2D eigenvalue weighted by atomic mass is 16.4. The lowest BCUT2D eigenvalue weighted by Gasteiger charge is -2.25. The quantitative estimate of drug-likeness (QED) is 0.866. The fourth-order valence-corrected chi connectivity index (χ4v) is 4.04. The zero-order chi connectivity index (χ0) is 12.1. The molecule has 2 aromatic rings. The normalized spacial score (nSPS) is 32.2. The molecule has 94 valence electrons. The summed E-state index contributed by atoms with van der Waals surface area (Å²) >= 11 is 0. The predicted octanol–water partition coefficient (Wildman–Crippen LogP) is 3.90. The van der Waals surface area contributed by atoms with E-state index in [4.69, 9.17) is 4.42 Å². The van der Waals surface area contributed by atoms with Gasteiger partial charge in [0.15, 0.2) is 0 Å². The van der Waals surface area contributed by atoms with Crippen LogP contribution in [0, 0.1) is 17.8 Å². The number of rotatable bonds is 2. The van der Waals surface area contributed by atoms with Crippen LogP contribution in [0.25, 0.3) is 11.0 Å². The molecule has 2 aliphatic carbocycles. The van der Waals surface area contributed by atoms with E-state index in [1.807, 2.05) is 30.3 Å². The minimum Gasteiger partial charge on any atom is -0.458 e. The van der Waals surface area contributed by atoms with E-state index in [0.717, 1.165) is 28.6 Å². The van der Waals surface area contributed by atoms with Crippen molar-refractivity contribution < 1.29 is 9.52 Å². The van der Waals surface area contributed by atoms with Crippen molar-refractivity contribution >= 4 is 11.0 Å². The molecule has 0 radical (unpaired) electrons. The molecule has 4 atom stereocenters. The van der Waals surface area contributed by atoms with Crippen LogP contribution in [-0.4, -0.2) is 5.11 Å². The van der Waals surface area contributed by atoms with Gasteiger partial charge >= 0.3 is 0 Å². The first-order valence-corrected chi connectivity index (χ1v) is 6.98. The molecule has 1 N–H and O–H groups in total. The van der Waals surface area contributed by atoms with E-state index in [2.05, 4.69) is 0 Å². The number of aliphatic hydroxyl groups excluding tert-OH is 1. The van der Waals surface area contributed by atoms with Crippen molar-refractivity contribution in [3.63, 3.8) is 0 Å². The standard InChI is InChI=1S/C16H18O2/c17-16(13-8-10-5-6-11(13)7-10)15-9-12-3-1-2-4-14(12)18-15/h1-4,9-11,13,16-17H,5-8H2. The Hall–Kier alpha value is -1.28. The zero-order valence-electron chi connectivity index (χ0n) is 10.4. The summed E-state index contributed by atoms with van der Waals surface area (Å²) in [7, 11) is 0. The van der Waals surface area contributed by atoms with Gasteiger partial charge < -0.3 is 9.52 Å². The summed E-state index contributed by atoms with van der Waals surface area (Å²) in [6.45, 7) is 0. The van der Waals surface area contributed by atoms with E-state index in [9.17, 15) is 5.11 Å². The minimum absolute atomic E-state index is 0.410. The van der Waals surface area contributed by atoms with Crippen molar-refractivity contribution in [2.45, 2.75) is 31.8 Å². The van der Waals surface area contributed by atoms with E-state index in [-0.39, 0.29) is 0 Å². The van der Waals surface area contributed by atoms with Crippen LogP contribution in [0.2, 0.25) is 0 Å². The summed E-state index contributed by atoms with van der Waals surface area (Å²) in [5, 5.41) is 11.6. The lowest BCUT2D eigenvalue weighted by Crippen LogP contribution is -2.18. The second kappa shape index (κ2) is 3.86. The molecule has 4 unspecified atom stereocenters. The van der Waals surface area contributed by atoms with Crippen LogP contribution < -0.4 is 0 Å². The molecule has 0 aliphatic heterocycles. The third kappa shape index (κ3) is 1.52. The highest BCUT2D eigenvalue weighted by Gasteiger charge is 2.43. The van der Waals surface area contributed by atoms with Gasteiger partial charge in [-0.15, -0.1) is 0 Å². The molecule has 2 bridgehead atoms. The number of fused-ring (bicyclic) bond motifs is 3. The van der Waals surface area contributed by atoms with Crippen LogP contribution in [0.15, 0.2) is 34.7 Å². The molecular formula is C16H18O2.